The molecular weight excluding hydrogens is 284 g/mol. The summed E-state index contributed by atoms with van der Waals surface area (Å²) < 4.78 is 1.79. The van der Waals surface area contributed by atoms with Crippen LogP contribution in [-0.2, 0) is 7.05 Å². The van der Waals surface area contributed by atoms with E-state index in [9.17, 15) is 4.79 Å². The summed E-state index contributed by atoms with van der Waals surface area (Å²) in [5.41, 5.74) is 2.02. The predicted octanol–water partition coefficient (Wildman–Crippen LogP) is 1.64. The van der Waals surface area contributed by atoms with Gasteiger partial charge in [0.25, 0.3) is 0 Å². The zero-order valence-corrected chi connectivity index (χ0v) is 10.5. The van der Waals surface area contributed by atoms with Crippen LogP contribution in [0.1, 0.15) is 0 Å². The normalized spacial score (nSPS) is 11.2. The van der Waals surface area contributed by atoms with Gasteiger partial charge in [-0.05, 0) is 28.1 Å². The number of para-hydroxylation sites is 2. The van der Waals surface area contributed by atoms with E-state index in [2.05, 4.69) is 31.0 Å². The fraction of sp³-hybridized carbons (Fsp3) is 0.0909. The van der Waals surface area contributed by atoms with Crippen LogP contribution in [0.4, 0.5) is 0 Å². The van der Waals surface area contributed by atoms with E-state index >= 15 is 0 Å². The van der Waals surface area contributed by atoms with Crippen molar-refractivity contribution in [3.8, 4) is 0 Å². The lowest BCUT2D eigenvalue weighted by Crippen LogP contribution is -2.14. The molecule has 0 radical (unpaired) electrons. The first-order valence-corrected chi connectivity index (χ1v) is 5.75. The van der Waals surface area contributed by atoms with E-state index in [1.807, 2.05) is 24.3 Å². The Morgan fingerprint density at radius 3 is 2.53 bits per heavy atom. The number of hydrogen-bond donors (Lipinski definition) is 0. The second kappa shape index (κ2) is 3.59. The standard InChI is InChI=1S/C11H7BrN4O/c1-16-11-8(9(17)10(12)15-16)13-6-4-2-3-5-7(6)14-11/h2-5H,1H3. The molecule has 0 saturated heterocycles. The Morgan fingerprint density at radius 2 is 1.82 bits per heavy atom. The SMILES string of the molecule is Cn1nc(Br)c(=O)c2nc3ccccc3nc21. The van der Waals surface area contributed by atoms with Crippen LogP contribution >= 0.6 is 15.9 Å². The summed E-state index contributed by atoms with van der Waals surface area (Å²) in [5, 5.41) is 4.03. The molecule has 0 aliphatic rings. The second-order valence-electron chi connectivity index (χ2n) is 3.63. The van der Waals surface area contributed by atoms with Gasteiger partial charge in [0.1, 0.15) is 0 Å². The smallest absolute Gasteiger partial charge is 0.242 e. The highest BCUT2D eigenvalue weighted by molar-refractivity contribution is 9.10. The van der Waals surface area contributed by atoms with Crippen molar-refractivity contribution in [2.45, 2.75) is 0 Å². The van der Waals surface area contributed by atoms with Crippen LogP contribution in [0.5, 0.6) is 0 Å². The van der Waals surface area contributed by atoms with Gasteiger partial charge in [0.2, 0.25) is 5.43 Å². The molecule has 0 unspecified atom stereocenters. The third kappa shape index (κ3) is 1.52. The van der Waals surface area contributed by atoms with Gasteiger partial charge in [-0.25, -0.2) is 14.6 Å². The molecule has 2 heterocycles. The summed E-state index contributed by atoms with van der Waals surface area (Å²) in [6.07, 6.45) is 0. The van der Waals surface area contributed by atoms with Gasteiger partial charge in [-0.3, -0.25) is 4.79 Å². The van der Waals surface area contributed by atoms with E-state index in [1.165, 1.54) is 0 Å². The Morgan fingerprint density at radius 1 is 1.18 bits per heavy atom. The zero-order valence-electron chi connectivity index (χ0n) is 8.88. The molecule has 0 fully saturated rings. The van der Waals surface area contributed by atoms with E-state index in [-0.39, 0.29) is 10.0 Å². The minimum absolute atomic E-state index is 0.239. The number of aromatic nitrogens is 4. The third-order valence-electron chi connectivity index (χ3n) is 2.50. The molecule has 84 valence electrons. The lowest BCUT2D eigenvalue weighted by atomic mass is 10.3. The molecular formula is C11H7BrN4O. The Hall–Kier alpha value is -1.82. The van der Waals surface area contributed by atoms with Crippen molar-refractivity contribution < 1.29 is 0 Å². The number of aryl methyl sites for hydroxylation is 1. The van der Waals surface area contributed by atoms with E-state index in [0.717, 1.165) is 5.52 Å². The number of nitrogens with zero attached hydrogens (tertiary/aromatic N) is 4. The third-order valence-corrected chi connectivity index (χ3v) is 3.02. The number of rotatable bonds is 0. The minimum atomic E-state index is -0.239. The molecule has 5 nitrogen and oxygen atoms in total. The molecule has 0 aliphatic carbocycles. The van der Waals surface area contributed by atoms with Crippen LogP contribution in [0.3, 0.4) is 0 Å². The highest BCUT2D eigenvalue weighted by atomic mass is 79.9. The van der Waals surface area contributed by atoms with Gasteiger partial charge < -0.3 is 0 Å². The first-order valence-electron chi connectivity index (χ1n) is 4.96. The predicted molar refractivity (Wildman–Crippen MR) is 67.8 cm³/mol. The molecule has 17 heavy (non-hydrogen) atoms. The minimum Gasteiger partial charge on any atom is -0.284 e. The van der Waals surface area contributed by atoms with Gasteiger partial charge >= 0.3 is 0 Å². The summed E-state index contributed by atoms with van der Waals surface area (Å²) >= 11 is 3.12. The Bertz CT molecular complexity index is 796. The molecule has 0 atom stereocenters. The maximum Gasteiger partial charge on any atom is 0.242 e. The average Bonchev–Trinajstić information content (AvgIpc) is 2.34. The molecule has 3 rings (SSSR count). The van der Waals surface area contributed by atoms with Gasteiger partial charge in [-0.1, -0.05) is 12.1 Å². The Kier molecular flexibility index (Phi) is 2.19. The number of halogens is 1. The largest absolute Gasteiger partial charge is 0.284 e. The molecule has 0 N–H and O–H groups in total. The van der Waals surface area contributed by atoms with Crippen LogP contribution in [0, 0.1) is 0 Å². The summed E-state index contributed by atoms with van der Waals surface area (Å²) in [7, 11) is 1.73. The summed E-state index contributed by atoms with van der Waals surface area (Å²) in [6.45, 7) is 0. The Balaban J connectivity index is 2.60. The quantitative estimate of drug-likeness (QED) is 0.591. The molecule has 0 bridgehead atoms. The van der Waals surface area contributed by atoms with Crippen molar-refractivity contribution in [1.29, 1.82) is 0 Å². The van der Waals surface area contributed by atoms with E-state index in [0.29, 0.717) is 16.7 Å². The first-order chi connectivity index (χ1) is 8.16. The molecule has 0 saturated carbocycles. The molecule has 0 aliphatic heterocycles. The van der Waals surface area contributed by atoms with E-state index in [1.54, 1.807) is 11.7 Å². The van der Waals surface area contributed by atoms with Gasteiger partial charge in [-0.2, -0.15) is 5.10 Å². The van der Waals surface area contributed by atoms with Crippen LogP contribution in [0.25, 0.3) is 22.2 Å². The Labute approximate surface area is 104 Å². The van der Waals surface area contributed by atoms with Gasteiger partial charge in [0.05, 0.1) is 11.0 Å². The van der Waals surface area contributed by atoms with Crippen LogP contribution < -0.4 is 5.43 Å². The highest BCUT2D eigenvalue weighted by Crippen LogP contribution is 2.13. The van der Waals surface area contributed by atoms with Gasteiger partial charge in [0.15, 0.2) is 15.8 Å². The fourth-order valence-corrected chi connectivity index (χ4v) is 2.12. The molecule has 0 spiro atoms. The van der Waals surface area contributed by atoms with Crippen LogP contribution in [-0.4, -0.2) is 19.7 Å². The maximum atomic E-state index is 11.9. The van der Waals surface area contributed by atoms with E-state index in [4.69, 9.17) is 0 Å². The first kappa shape index (κ1) is 10.3. The molecule has 3 aromatic rings. The highest BCUT2D eigenvalue weighted by Gasteiger charge is 2.10. The molecule has 1 aromatic carbocycles. The number of benzene rings is 1. The van der Waals surface area contributed by atoms with Crippen LogP contribution in [0.15, 0.2) is 33.7 Å². The van der Waals surface area contributed by atoms with E-state index < -0.39 is 0 Å². The van der Waals surface area contributed by atoms with Crippen molar-refractivity contribution in [2.24, 2.45) is 7.05 Å². The summed E-state index contributed by atoms with van der Waals surface area (Å²) in [5.74, 6) is 0. The molecule has 2 aromatic heterocycles. The molecule has 6 heteroatoms. The topological polar surface area (TPSA) is 60.7 Å². The lowest BCUT2D eigenvalue weighted by Gasteiger charge is -2.04. The summed E-state index contributed by atoms with van der Waals surface area (Å²) in [4.78, 5) is 20.6. The van der Waals surface area contributed by atoms with Gasteiger partial charge in [-0.15, -0.1) is 0 Å². The summed E-state index contributed by atoms with van der Waals surface area (Å²) in [6, 6.07) is 7.43. The monoisotopic (exact) mass is 290 g/mol. The maximum absolute atomic E-state index is 11.9. The lowest BCUT2D eigenvalue weighted by molar-refractivity contribution is 0.749. The zero-order chi connectivity index (χ0) is 12.0. The number of fused-ring (bicyclic) bond motifs is 2. The van der Waals surface area contributed by atoms with Crippen LogP contribution in [0.2, 0.25) is 0 Å². The number of hydrogen-bond acceptors (Lipinski definition) is 4. The van der Waals surface area contributed by atoms with Crippen molar-refractivity contribution in [2.75, 3.05) is 0 Å². The fourth-order valence-electron chi connectivity index (χ4n) is 1.69. The van der Waals surface area contributed by atoms with Crippen molar-refractivity contribution >= 4 is 38.1 Å². The molecule has 0 amide bonds. The second-order valence-corrected chi connectivity index (χ2v) is 4.38. The van der Waals surface area contributed by atoms with Crippen molar-refractivity contribution in [1.82, 2.24) is 19.7 Å². The van der Waals surface area contributed by atoms with Crippen molar-refractivity contribution in [3.63, 3.8) is 0 Å². The van der Waals surface area contributed by atoms with Crippen molar-refractivity contribution in [3.05, 3.63) is 39.1 Å². The average molecular weight is 291 g/mol. The van der Waals surface area contributed by atoms with Gasteiger partial charge in [0, 0.05) is 7.05 Å².